The summed E-state index contributed by atoms with van der Waals surface area (Å²) in [5.41, 5.74) is 2.95. The van der Waals surface area contributed by atoms with E-state index in [-0.39, 0.29) is 24.4 Å². The number of rotatable bonds is 11. The van der Waals surface area contributed by atoms with Gasteiger partial charge in [-0.2, -0.15) is 13.2 Å². The highest BCUT2D eigenvalue weighted by atomic mass is 32.2. The maximum atomic E-state index is 13.3. The van der Waals surface area contributed by atoms with Gasteiger partial charge in [0.05, 0.1) is 22.5 Å². The first-order chi connectivity index (χ1) is 20.0. The number of sulfonamides is 1. The molecule has 1 saturated carbocycles. The first kappa shape index (κ1) is 30.3. The van der Waals surface area contributed by atoms with Gasteiger partial charge in [0.2, 0.25) is 15.9 Å². The number of halogens is 3. The van der Waals surface area contributed by atoms with Gasteiger partial charge in [0.1, 0.15) is 0 Å². The van der Waals surface area contributed by atoms with Crippen molar-refractivity contribution in [2.75, 3.05) is 6.54 Å². The topological polar surface area (TPSA) is 87.3 Å². The summed E-state index contributed by atoms with van der Waals surface area (Å²) < 4.78 is 68.6. The lowest BCUT2D eigenvalue weighted by atomic mass is 9.85. The van der Waals surface area contributed by atoms with Crippen molar-refractivity contribution in [2.45, 2.75) is 74.6 Å². The van der Waals surface area contributed by atoms with Crippen molar-refractivity contribution < 1.29 is 26.4 Å². The molecule has 0 radical (unpaired) electrons. The van der Waals surface area contributed by atoms with Crippen LogP contribution in [0, 0.1) is 5.92 Å². The number of alkyl halides is 3. The minimum atomic E-state index is -4.69. The monoisotopic (exact) mass is 599 g/mol. The summed E-state index contributed by atoms with van der Waals surface area (Å²) in [5.74, 6) is 0.441. The largest absolute Gasteiger partial charge is 0.416 e. The third kappa shape index (κ3) is 7.59. The normalized spacial score (nSPS) is 18.6. The lowest BCUT2D eigenvalue weighted by Crippen LogP contribution is -2.36. The summed E-state index contributed by atoms with van der Waals surface area (Å²) in [6.07, 6.45) is 0.288. The summed E-state index contributed by atoms with van der Waals surface area (Å²) in [7, 11) is -4.37. The molecule has 0 heterocycles. The molecule has 3 aromatic carbocycles. The zero-order valence-electron chi connectivity index (χ0n) is 23.5. The molecule has 2 aliphatic rings. The van der Waals surface area contributed by atoms with Crippen molar-refractivity contribution in [1.82, 2.24) is 15.4 Å². The van der Waals surface area contributed by atoms with Gasteiger partial charge in [0.15, 0.2) is 0 Å². The second kappa shape index (κ2) is 12.6. The Morgan fingerprint density at radius 3 is 2.43 bits per heavy atom. The number of benzene rings is 3. The molecule has 1 fully saturated rings. The van der Waals surface area contributed by atoms with Gasteiger partial charge in [0, 0.05) is 12.5 Å². The molecular formula is C32H36F3N3O3S. The highest BCUT2D eigenvalue weighted by Gasteiger charge is 2.33. The van der Waals surface area contributed by atoms with Crippen molar-refractivity contribution in [2.24, 2.45) is 5.92 Å². The number of nitrogens with one attached hydrogen (secondary N) is 3. The second-order valence-electron chi connectivity index (χ2n) is 11.4. The first-order valence-corrected chi connectivity index (χ1v) is 15.9. The molecular weight excluding hydrogens is 563 g/mol. The molecule has 6 nitrogen and oxygen atoms in total. The smallest absolute Gasteiger partial charge is 0.349 e. The number of hydrogen-bond donors (Lipinski definition) is 3. The molecule has 0 aromatic heterocycles. The van der Waals surface area contributed by atoms with E-state index < -0.39 is 32.7 Å². The van der Waals surface area contributed by atoms with Crippen LogP contribution >= 0.6 is 0 Å². The van der Waals surface area contributed by atoms with Gasteiger partial charge in [-0.1, -0.05) is 54.6 Å². The average Bonchev–Trinajstić information content (AvgIpc) is 3.80. The zero-order chi connectivity index (χ0) is 29.9. The van der Waals surface area contributed by atoms with Crippen molar-refractivity contribution in [3.05, 3.63) is 101 Å². The van der Waals surface area contributed by atoms with Crippen LogP contribution in [0.15, 0.2) is 77.7 Å². The predicted octanol–water partition coefficient (Wildman–Crippen LogP) is 6.37. The molecule has 3 N–H and O–H groups in total. The quantitative estimate of drug-likeness (QED) is 0.239. The van der Waals surface area contributed by atoms with E-state index in [0.29, 0.717) is 11.6 Å². The number of carbonyl (C=O) groups is 1. The van der Waals surface area contributed by atoms with Crippen LogP contribution in [-0.2, 0) is 27.4 Å². The van der Waals surface area contributed by atoms with Gasteiger partial charge in [-0.3, -0.25) is 4.79 Å². The number of carbonyl (C=O) groups excluding carboxylic acids is 1. The second-order valence-corrected chi connectivity index (χ2v) is 13.1. The Hall–Kier alpha value is -3.21. The Morgan fingerprint density at radius 2 is 1.71 bits per heavy atom. The van der Waals surface area contributed by atoms with Crippen molar-refractivity contribution in [3.8, 4) is 0 Å². The summed E-state index contributed by atoms with van der Waals surface area (Å²) in [5, 5.41) is 6.70. The fourth-order valence-corrected chi connectivity index (χ4v) is 6.75. The van der Waals surface area contributed by atoms with Gasteiger partial charge in [-0.05, 0) is 91.9 Å². The van der Waals surface area contributed by atoms with Gasteiger partial charge < -0.3 is 10.6 Å². The Kier molecular flexibility index (Phi) is 9.05. The van der Waals surface area contributed by atoms with Gasteiger partial charge >= 0.3 is 6.18 Å². The van der Waals surface area contributed by atoms with E-state index in [1.807, 2.05) is 0 Å². The fourth-order valence-electron chi connectivity index (χ4n) is 5.48. The van der Waals surface area contributed by atoms with E-state index >= 15 is 0 Å². The van der Waals surface area contributed by atoms with Crippen LogP contribution in [0.4, 0.5) is 13.2 Å². The molecule has 3 aromatic rings. The Bertz CT molecular complexity index is 1510. The Morgan fingerprint density at radius 1 is 0.952 bits per heavy atom. The molecule has 3 atom stereocenters. The lowest BCUT2D eigenvalue weighted by molar-refractivity contribution is -0.137. The van der Waals surface area contributed by atoms with E-state index in [2.05, 4.69) is 40.5 Å². The molecule has 1 amide bonds. The predicted molar refractivity (Wildman–Crippen MR) is 155 cm³/mol. The van der Waals surface area contributed by atoms with Crippen molar-refractivity contribution >= 4 is 15.9 Å². The molecule has 0 aliphatic heterocycles. The Labute approximate surface area is 245 Å². The number of amides is 1. The first-order valence-electron chi connectivity index (χ1n) is 14.4. The van der Waals surface area contributed by atoms with E-state index in [1.54, 1.807) is 30.3 Å². The molecule has 224 valence electrons. The lowest BCUT2D eigenvalue weighted by Gasteiger charge is -2.28. The maximum Gasteiger partial charge on any atom is 0.416 e. The van der Waals surface area contributed by atoms with Crippen molar-refractivity contribution in [1.29, 1.82) is 0 Å². The average molecular weight is 600 g/mol. The van der Waals surface area contributed by atoms with Gasteiger partial charge in [0.25, 0.3) is 0 Å². The maximum absolute atomic E-state index is 13.3. The number of aryl methyl sites for hydroxylation is 1. The van der Waals surface area contributed by atoms with Crippen LogP contribution < -0.4 is 15.4 Å². The van der Waals surface area contributed by atoms with Crippen LogP contribution in [0.25, 0.3) is 0 Å². The van der Waals surface area contributed by atoms with Crippen LogP contribution in [0.5, 0.6) is 0 Å². The molecule has 2 aliphatic carbocycles. The molecule has 0 bridgehead atoms. The van der Waals surface area contributed by atoms with E-state index in [0.717, 1.165) is 55.5 Å². The standard InChI is InChI=1S/C32H36F3N3O3S/c1-21(36-20-22-13-14-22)24-15-16-28-25(17-24)9-5-12-29(28)37-31(39)19-30(23-7-3-2-4-8-23)38-42(40,41)27-11-6-10-26(18-27)32(33,34)35/h2-4,6-8,10-11,15-18,21-22,29-30,36,38H,5,9,12-14,19-20H2,1H3,(H,37,39)/t21-,29+,30+/m0/s1. The van der Waals surface area contributed by atoms with Gasteiger partial charge in [-0.15, -0.1) is 0 Å². The van der Waals surface area contributed by atoms with Crippen LogP contribution in [0.2, 0.25) is 0 Å². The van der Waals surface area contributed by atoms with Crippen LogP contribution in [0.1, 0.15) is 85.0 Å². The fraction of sp³-hybridized carbons (Fsp3) is 0.406. The summed E-state index contributed by atoms with van der Waals surface area (Å²) in [6.45, 7) is 3.19. The molecule has 42 heavy (non-hydrogen) atoms. The molecule has 0 saturated heterocycles. The molecule has 0 unspecified atom stereocenters. The van der Waals surface area contributed by atoms with E-state index in [1.165, 1.54) is 24.0 Å². The molecule has 0 spiro atoms. The summed E-state index contributed by atoms with van der Waals surface area (Å²) in [6, 6.07) is 17.6. The minimum Gasteiger partial charge on any atom is -0.349 e. The van der Waals surface area contributed by atoms with Crippen LogP contribution in [-0.4, -0.2) is 20.9 Å². The van der Waals surface area contributed by atoms with E-state index in [4.69, 9.17) is 0 Å². The van der Waals surface area contributed by atoms with Crippen LogP contribution in [0.3, 0.4) is 0 Å². The number of hydrogen-bond acceptors (Lipinski definition) is 4. The minimum absolute atomic E-state index is 0.207. The SMILES string of the molecule is C[C@H](NCC1CC1)c1ccc2c(c1)CCC[C@H]2NC(=O)C[C@@H](NS(=O)(=O)c1cccc(C(F)(F)F)c1)c1ccccc1. The molecule has 10 heteroatoms. The van der Waals surface area contributed by atoms with E-state index in [9.17, 15) is 26.4 Å². The summed E-state index contributed by atoms with van der Waals surface area (Å²) in [4.78, 5) is 12.8. The third-order valence-electron chi connectivity index (χ3n) is 8.09. The van der Waals surface area contributed by atoms with Gasteiger partial charge in [-0.25, -0.2) is 13.1 Å². The highest BCUT2D eigenvalue weighted by Crippen LogP contribution is 2.34. The highest BCUT2D eigenvalue weighted by molar-refractivity contribution is 7.89. The Balaban J connectivity index is 1.30. The number of fused-ring (bicyclic) bond motifs is 1. The third-order valence-corrected chi connectivity index (χ3v) is 9.56. The zero-order valence-corrected chi connectivity index (χ0v) is 24.3. The van der Waals surface area contributed by atoms with Crippen molar-refractivity contribution in [3.63, 3.8) is 0 Å². The summed E-state index contributed by atoms with van der Waals surface area (Å²) >= 11 is 0. The molecule has 5 rings (SSSR count).